The Balaban J connectivity index is 1.94. The van der Waals surface area contributed by atoms with Crippen LogP contribution >= 0.6 is 23.2 Å². The summed E-state index contributed by atoms with van der Waals surface area (Å²) in [5, 5.41) is 6.82. The van der Waals surface area contributed by atoms with Crippen LogP contribution in [0.4, 0.5) is 5.69 Å². The molecule has 20 heavy (non-hydrogen) atoms. The van der Waals surface area contributed by atoms with Crippen LogP contribution in [0.3, 0.4) is 0 Å². The van der Waals surface area contributed by atoms with E-state index in [1.807, 2.05) is 7.05 Å². The molecule has 1 aliphatic heterocycles. The van der Waals surface area contributed by atoms with E-state index in [2.05, 4.69) is 15.5 Å². The Labute approximate surface area is 129 Å². The zero-order valence-corrected chi connectivity index (χ0v) is 13.0. The molecule has 0 bridgehead atoms. The van der Waals surface area contributed by atoms with Crippen molar-refractivity contribution in [2.45, 2.75) is 18.9 Å². The molecule has 1 amide bonds. The van der Waals surface area contributed by atoms with Gasteiger partial charge < -0.3 is 10.6 Å². The topological polar surface area (TPSA) is 44.4 Å². The largest absolute Gasteiger partial charge is 0.324 e. The summed E-state index contributed by atoms with van der Waals surface area (Å²) in [7, 11) is 1.93. The van der Waals surface area contributed by atoms with Crippen molar-refractivity contribution in [3.8, 4) is 0 Å². The molecular weight excluding hydrogens is 297 g/mol. The van der Waals surface area contributed by atoms with Crippen molar-refractivity contribution in [3.63, 3.8) is 0 Å². The van der Waals surface area contributed by atoms with Crippen molar-refractivity contribution in [2.75, 3.05) is 32.0 Å². The SMILES string of the molecule is CNCC1CCCN1CC(=O)Nc1cccc(Cl)c1Cl. The number of rotatable bonds is 5. The summed E-state index contributed by atoms with van der Waals surface area (Å²) in [6, 6.07) is 5.65. The van der Waals surface area contributed by atoms with Gasteiger partial charge in [-0.3, -0.25) is 9.69 Å². The van der Waals surface area contributed by atoms with Crippen molar-refractivity contribution in [3.05, 3.63) is 28.2 Å². The second-order valence-corrected chi connectivity index (χ2v) is 5.76. The average molecular weight is 316 g/mol. The van der Waals surface area contributed by atoms with Gasteiger partial charge in [0.15, 0.2) is 0 Å². The van der Waals surface area contributed by atoms with Crippen molar-refractivity contribution in [1.29, 1.82) is 0 Å². The average Bonchev–Trinajstić information content (AvgIpc) is 2.83. The number of carbonyl (C=O) groups is 1. The van der Waals surface area contributed by atoms with E-state index in [-0.39, 0.29) is 5.91 Å². The Kier molecular flexibility index (Phi) is 5.66. The van der Waals surface area contributed by atoms with Crippen LogP contribution in [0.1, 0.15) is 12.8 Å². The van der Waals surface area contributed by atoms with Gasteiger partial charge in [-0.2, -0.15) is 0 Å². The van der Waals surface area contributed by atoms with Gasteiger partial charge in [-0.1, -0.05) is 29.3 Å². The molecule has 4 nitrogen and oxygen atoms in total. The Morgan fingerprint density at radius 1 is 1.45 bits per heavy atom. The highest BCUT2D eigenvalue weighted by molar-refractivity contribution is 6.43. The minimum Gasteiger partial charge on any atom is -0.324 e. The lowest BCUT2D eigenvalue weighted by molar-refractivity contribution is -0.117. The lowest BCUT2D eigenvalue weighted by Crippen LogP contribution is -2.41. The summed E-state index contributed by atoms with van der Waals surface area (Å²) < 4.78 is 0. The summed E-state index contributed by atoms with van der Waals surface area (Å²) in [5.41, 5.74) is 0.563. The molecule has 2 rings (SSSR count). The van der Waals surface area contributed by atoms with Gasteiger partial charge in [0.1, 0.15) is 0 Å². The van der Waals surface area contributed by atoms with Crippen LogP contribution in [0, 0.1) is 0 Å². The first kappa shape index (κ1) is 15.6. The van der Waals surface area contributed by atoms with Gasteiger partial charge in [-0.05, 0) is 38.6 Å². The Morgan fingerprint density at radius 3 is 3.00 bits per heavy atom. The van der Waals surface area contributed by atoms with Crippen LogP contribution in [0.25, 0.3) is 0 Å². The highest BCUT2D eigenvalue weighted by atomic mass is 35.5. The van der Waals surface area contributed by atoms with Crippen LogP contribution in [-0.4, -0.2) is 43.5 Å². The van der Waals surface area contributed by atoms with E-state index < -0.39 is 0 Å². The van der Waals surface area contributed by atoms with Gasteiger partial charge in [0.25, 0.3) is 0 Å². The van der Waals surface area contributed by atoms with E-state index in [9.17, 15) is 4.79 Å². The standard InChI is InChI=1S/C14H19Cl2N3O/c1-17-8-10-4-3-7-19(10)9-13(20)18-12-6-2-5-11(15)14(12)16/h2,5-6,10,17H,3-4,7-9H2,1H3,(H,18,20). The predicted octanol–water partition coefficient (Wildman–Crippen LogP) is 2.62. The number of amides is 1. The Hall–Kier alpha value is -0.810. The van der Waals surface area contributed by atoms with Crippen molar-refractivity contribution in [1.82, 2.24) is 10.2 Å². The highest BCUT2D eigenvalue weighted by Crippen LogP contribution is 2.29. The predicted molar refractivity (Wildman–Crippen MR) is 83.6 cm³/mol. The number of benzene rings is 1. The van der Waals surface area contributed by atoms with Gasteiger partial charge in [0, 0.05) is 12.6 Å². The number of halogens is 2. The molecule has 6 heteroatoms. The fourth-order valence-electron chi connectivity index (χ4n) is 2.54. The summed E-state index contributed by atoms with van der Waals surface area (Å²) in [6.45, 7) is 2.25. The van der Waals surface area contributed by atoms with Crippen LogP contribution in [0.5, 0.6) is 0 Å². The van der Waals surface area contributed by atoms with Crippen molar-refractivity contribution in [2.24, 2.45) is 0 Å². The molecule has 1 aromatic carbocycles. The van der Waals surface area contributed by atoms with Crippen LogP contribution in [0.2, 0.25) is 10.0 Å². The number of likely N-dealkylation sites (N-methyl/N-ethyl adjacent to an activating group) is 1. The lowest BCUT2D eigenvalue weighted by atomic mass is 10.2. The molecule has 0 aromatic heterocycles. The van der Waals surface area contributed by atoms with Gasteiger partial charge in [-0.25, -0.2) is 0 Å². The summed E-state index contributed by atoms with van der Waals surface area (Å²) in [4.78, 5) is 14.3. The van der Waals surface area contributed by atoms with Crippen LogP contribution in [0.15, 0.2) is 18.2 Å². The highest BCUT2D eigenvalue weighted by Gasteiger charge is 2.25. The Bertz CT molecular complexity index is 481. The first-order valence-corrected chi connectivity index (χ1v) is 7.50. The minimum atomic E-state index is -0.0582. The number of hydrogen-bond donors (Lipinski definition) is 2. The molecule has 1 heterocycles. The molecule has 1 saturated heterocycles. The zero-order chi connectivity index (χ0) is 14.5. The summed E-state index contributed by atoms with van der Waals surface area (Å²) >= 11 is 12.0. The molecule has 1 atom stereocenters. The van der Waals surface area contributed by atoms with E-state index in [1.54, 1.807) is 18.2 Å². The number of carbonyl (C=O) groups excluding carboxylic acids is 1. The molecule has 1 aliphatic rings. The maximum absolute atomic E-state index is 12.1. The number of likely N-dealkylation sites (tertiary alicyclic amines) is 1. The van der Waals surface area contributed by atoms with Gasteiger partial charge in [0.05, 0.1) is 22.3 Å². The third kappa shape index (κ3) is 3.85. The summed E-state index contributed by atoms with van der Waals surface area (Å²) in [6.07, 6.45) is 2.27. The van der Waals surface area contributed by atoms with Crippen LogP contribution < -0.4 is 10.6 Å². The van der Waals surface area contributed by atoms with Gasteiger partial charge in [-0.15, -0.1) is 0 Å². The maximum Gasteiger partial charge on any atom is 0.238 e. The number of nitrogens with one attached hydrogen (secondary N) is 2. The third-order valence-electron chi connectivity index (χ3n) is 3.51. The molecule has 110 valence electrons. The van der Waals surface area contributed by atoms with E-state index >= 15 is 0 Å². The zero-order valence-electron chi connectivity index (χ0n) is 11.5. The van der Waals surface area contributed by atoms with Gasteiger partial charge >= 0.3 is 0 Å². The molecule has 1 fully saturated rings. The number of nitrogens with zero attached hydrogens (tertiary/aromatic N) is 1. The Morgan fingerprint density at radius 2 is 2.25 bits per heavy atom. The first-order valence-electron chi connectivity index (χ1n) is 6.74. The summed E-state index contributed by atoms with van der Waals surface area (Å²) in [5.74, 6) is -0.0582. The monoisotopic (exact) mass is 315 g/mol. The second-order valence-electron chi connectivity index (χ2n) is 4.97. The fraction of sp³-hybridized carbons (Fsp3) is 0.500. The lowest BCUT2D eigenvalue weighted by Gasteiger charge is -2.23. The molecular formula is C14H19Cl2N3O. The fourth-order valence-corrected chi connectivity index (χ4v) is 2.89. The quantitative estimate of drug-likeness (QED) is 0.878. The minimum absolute atomic E-state index is 0.0582. The van der Waals surface area contributed by atoms with E-state index in [4.69, 9.17) is 23.2 Å². The molecule has 0 radical (unpaired) electrons. The second kappa shape index (κ2) is 7.27. The van der Waals surface area contributed by atoms with Crippen LogP contribution in [-0.2, 0) is 4.79 Å². The smallest absolute Gasteiger partial charge is 0.238 e. The van der Waals surface area contributed by atoms with Gasteiger partial charge in [0.2, 0.25) is 5.91 Å². The molecule has 1 aromatic rings. The number of hydrogen-bond acceptors (Lipinski definition) is 3. The van der Waals surface area contributed by atoms with E-state index in [0.717, 1.165) is 25.9 Å². The molecule has 0 saturated carbocycles. The normalized spacial score (nSPS) is 19.2. The molecule has 2 N–H and O–H groups in total. The van der Waals surface area contributed by atoms with E-state index in [1.165, 1.54) is 0 Å². The first-order chi connectivity index (χ1) is 9.61. The van der Waals surface area contributed by atoms with E-state index in [0.29, 0.717) is 28.3 Å². The molecule has 1 unspecified atom stereocenters. The molecule has 0 aliphatic carbocycles. The number of anilines is 1. The maximum atomic E-state index is 12.1. The van der Waals surface area contributed by atoms with Crippen molar-refractivity contribution < 1.29 is 4.79 Å². The molecule has 0 spiro atoms. The van der Waals surface area contributed by atoms with Crippen molar-refractivity contribution >= 4 is 34.8 Å². The third-order valence-corrected chi connectivity index (χ3v) is 4.33.